The number of aliphatic hydroxyl groups excluding tert-OH is 1. The van der Waals surface area contributed by atoms with Crippen LogP contribution in [-0.4, -0.2) is 43.9 Å². The van der Waals surface area contributed by atoms with E-state index >= 15 is 0 Å². The van der Waals surface area contributed by atoms with Gasteiger partial charge in [-0.3, -0.25) is 14.3 Å². The van der Waals surface area contributed by atoms with Crippen molar-refractivity contribution < 1.29 is 9.84 Å². The van der Waals surface area contributed by atoms with Gasteiger partial charge in [-0.2, -0.15) is 5.26 Å². The number of nitriles is 1. The Bertz CT molecular complexity index is 1710. The first-order valence-electron chi connectivity index (χ1n) is 12.1. The van der Waals surface area contributed by atoms with Crippen molar-refractivity contribution in [3.63, 3.8) is 0 Å². The zero-order chi connectivity index (χ0) is 25.4. The summed E-state index contributed by atoms with van der Waals surface area (Å²) in [6.07, 6.45) is 5.42. The molecule has 8 heteroatoms. The van der Waals surface area contributed by atoms with Gasteiger partial charge in [0.2, 0.25) is 0 Å². The normalized spacial score (nSPS) is 17.6. The molecular weight excluding hydrogens is 466 g/mol. The number of benzene rings is 2. The van der Waals surface area contributed by atoms with Gasteiger partial charge in [0.1, 0.15) is 11.8 Å². The lowest BCUT2D eigenvalue weighted by Crippen LogP contribution is -2.39. The van der Waals surface area contributed by atoms with Crippen LogP contribution >= 0.6 is 0 Å². The molecule has 8 nitrogen and oxygen atoms in total. The lowest BCUT2D eigenvalue weighted by Gasteiger charge is -2.29. The number of aromatic nitrogens is 4. The molecule has 0 saturated carbocycles. The molecular formula is C29H23N5O3. The maximum atomic E-state index is 13.6. The molecule has 0 radical (unpaired) electrons. The van der Waals surface area contributed by atoms with E-state index in [0.29, 0.717) is 36.0 Å². The van der Waals surface area contributed by atoms with E-state index in [1.807, 2.05) is 60.8 Å². The summed E-state index contributed by atoms with van der Waals surface area (Å²) in [6.45, 7) is 0.705. The van der Waals surface area contributed by atoms with Crippen LogP contribution in [0.25, 0.3) is 32.9 Å². The highest BCUT2D eigenvalue weighted by Gasteiger charge is 2.27. The Balaban J connectivity index is 1.40. The molecule has 3 aromatic heterocycles. The third-order valence-corrected chi connectivity index (χ3v) is 6.92. The highest BCUT2D eigenvalue weighted by molar-refractivity contribution is 6.06. The zero-order valence-corrected chi connectivity index (χ0v) is 19.9. The number of hydrogen-bond acceptors (Lipinski definition) is 7. The fourth-order valence-corrected chi connectivity index (χ4v) is 5.00. The van der Waals surface area contributed by atoms with Gasteiger partial charge in [-0.25, -0.2) is 9.97 Å². The van der Waals surface area contributed by atoms with E-state index in [2.05, 4.69) is 15.0 Å². The fourth-order valence-electron chi connectivity index (χ4n) is 5.00. The highest BCUT2D eigenvalue weighted by Crippen LogP contribution is 2.29. The van der Waals surface area contributed by atoms with Gasteiger partial charge in [0.05, 0.1) is 41.7 Å². The fraction of sp³-hybridized carbons (Fsp3) is 0.207. The SMILES string of the molecule is N#Cc1ccc(-c2ccc(Cc3cc4c(=O)n([C@H]5CCOC[C@@H]5O)cnc4c4ccccc34)cn2)cn1. The van der Waals surface area contributed by atoms with E-state index in [4.69, 9.17) is 10.00 Å². The minimum Gasteiger partial charge on any atom is -0.389 e. The van der Waals surface area contributed by atoms with E-state index in [1.165, 1.54) is 0 Å². The molecule has 1 aliphatic rings. The van der Waals surface area contributed by atoms with Crippen LogP contribution in [0, 0.1) is 11.3 Å². The molecule has 4 heterocycles. The molecule has 0 amide bonds. The largest absolute Gasteiger partial charge is 0.389 e. The molecule has 6 rings (SSSR count). The van der Waals surface area contributed by atoms with Crippen LogP contribution in [-0.2, 0) is 11.2 Å². The van der Waals surface area contributed by atoms with Gasteiger partial charge in [0, 0.05) is 30.0 Å². The molecule has 1 N–H and O–H groups in total. The second kappa shape index (κ2) is 9.54. The summed E-state index contributed by atoms with van der Waals surface area (Å²) in [5, 5.41) is 21.9. The Labute approximate surface area is 212 Å². The van der Waals surface area contributed by atoms with Gasteiger partial charge in [-0.1, -0.05) is 30.3 Å². The molecule has 1 saturated heterocycles. The number of rotatable bonds is 4. The molecule has 5 aromatic rings. The number of fused-ring (bicyclic) bond motifs is 3. The molecule has 37 heavy (non-hydrogen) atoms. The summed E-state index contributed by atoms with van der Waals surface area (Å²) in [6, 6.07) is 19.0. The summed E-state index contributed by atoms with van der Waals surface area (Å²) >= 11 is 0. The summed E-state index contributed by atoms with van der Waals surface area (Å²) in [5.41, 5.74) is 4.47. The predicted octanol–water partition coefficient (Wildman–Crippen LogP) is 3.79. The predicted molar refractivity (Wildman–Crippen MR) is 139 cm³/mol. The average molecular weight is 490 g/mol. The van der Waals surface area contributed by atoms with Gasteiger partial charge in [0.25, 0.3) is 5.56 Å². The summed E-state index contributed by atoms with van der Waals surface area (Å²) in [5.74, 6) is 0. The monoisotopic (exact) mass is 489 g/mol. The third kappa shape index (κ3) is 4.25. The molecule has 1 aliphatic heterocycles. The minimum atomic E-state index is -0.749. The Hall–Kier alpha value is -4.45. The van der Waals surface area contributed by atoms with Crippen LogP contribution < -0.4 is 5.56 Å². The van der Waals surface area contributed by atoms with Crippen LogP contribution in [0.3, 0.4) is 0 Å². The van der Waals surface area contributed by atoms with E-state index in [0.717, 1.165) is 33.2 Å². The zero-order valence-electron chi connectivity index (χ0n) is 19.9. The summed E-state index contributed by atoms with van der Waals surface area (Å²) in [7, 11) is 0. The Morgan fingerprint density at radius 2 is 1.89 bits per heavy atom. The van der Waals surface area contributed by atoms with Crippen molar-refractivity contribution in [2.24, 2.45) is 0 Å². The van der Waals surface area contributed by atoms with E-state index < -0.39 is 6.10 Å². The van der Waals surface area contributed by atoms with Crippen molar-refractivity contribution in [1.29, 1.82) is 5.26 Å². The van der Waals surface area contributed by atoms with E-state index in [-0.39, 0.29) is 18.2 Å². The topological polar surface area (TPSA) is 114 Å². The van der Waals surface area contributed by atoms with Crippen molar-refractivity contribution in [3.05, 3.63) is 100 Å². The second-order valence-electron chi connectivity index (χ2n) is 9.21. The van der Waals surface area contributed by atoms with Gasteiger partial charge in [-0.05, 0) is 53.6 Å². The molecule has 2 aromatic carbocycles. The van der Waals surface area contributed by atoms with Crippen LogP contribution in [0.2, 0.25) is 0 Å². The Morgan fingerprint density at radius 1 is 1.03 bits per heavy atom. The minimum absolute atomic E-state index is 0.162. The molecule has 2 atom stereocenters. The first kappa shape index (κ1) is 23.0. The van der Waals surface area contributed by atoms with Crippen molar-refractivity contribution in [2.75, 3.05) is 13.2 Å². The maximum Gasteiger partial charge on any atom is 0.261 e. The van der Waals surface area contributed by atoms with Crippen molar-refractivity contribution in [3.8, 4) is 17.3 Å². The summed E-state index contributed by atoms with van der Waals surface area (Å²) in [4.78, 5) is 27.0. The van der Waals surface area contributed by atoms with Crippen LogP contribution in [0.1, 0.15) is 29.3 Å². The number of ether oxygens (including phenoxy) is 1. The maximum absolute atomic E-state index is 13.6. The molecule has 0 bridgehead atoms. The van der Waals surface area contributed by atoms with Crippen molar-refractivity contribution in [2.45, 2.75) is 25.0 Å². The van der Waals surface area contributed by atoms with Crippen molar-refractivity contribution in [1.82, 2.24) is 19.5 Å². The number of nitrogens with zero attached hydrogens (tertiary/aromatic N) is 5. The molecule has 1 fully saturated rings. The lowest BCUT2D eigenvalue weighted by molar-refractivity contribution is -0.0395. The number of aliphatic hydroxyl groups is 1. The molecule has 0 aliphatic carbocycles. The standard InChI is InChI=1S/C29H23N5O3/c30-13-21-7-6-19(15-31-21)25-8-5-18(14-32-25)11-20-12-24-28(23-4-2-1-3-22(20)23)33-17-34(29(24)36)26-9-10-37-16-27(26)35/h1-8,12,14-15,17,26-27,35H,9-11,16H2/t26-,27-/m0/s1. The first-order chi connectivity index (χ1) is 18.1. The van der Waals surface area contributed by atoms with E-state index in [1.54, 1.807) is 23.2 Å². The highest BCUT2D eigenvalue weighted by atomic mass is 16.5. The van der Waals surface area contributed by atoms with Crippen LogP contribution in [0.5, 0.6) is 0 Å². The molecule has 0 unspecified atom stereocenters. The van der Waals surface area contributed by atoms with Gasteiger partial charge in [0.15, 0.2) is 0 Å². The van der Waals surface area contributed by atoms with Gasteiger partial charge < -0.3 is 9.84 Å². The van der Waals surface area contributed by atoms with Gasteiger partial charge in [-0.15, -0.1) is 0 Å². The quantitative estimate of drug-likeness (QED) is 0.382. The smallest absolute Gasteiger partial charge is 0.261 e. The Morgan fingerprint density at radius 3 is 2.62 bits per heavy atom. The summed E-state index contributed by atoms with van der Waals surface area (Å²) < 4.78 is 6.89. The lowest BCUT2D eigenvalue weighted by atomic mass is 9.96. The molecule has 0 spiro atoms. The van der Waals surface area contributed by atoms with Crippen LogP contribution in [0.15, 0.2) is 78.1 Å². The van der Waals surface area contributed by atoms with Crippen LogP contribution in [0.4, 0.5) is 0 Å². The van der Waals surface area contributed by atoms with Gasteiger partial charge >= 0.3 is 0 Å². The molecule has 182 valence electrons. The van der Waals surface area contributed by atoms with Crippen molar-refractivity contribution >= 4 is 21.7 Å². The first-order valence-corrected chi connectivity index (χ1v) is 12.1. The Kier molecular flexibility index (Phi) is 5.93. The number of hydrogen-bond donors (Lipinski definition) is 1. The third-order valence-electron chi connectivity index (χ3n) is 6.92. The van der Waals surface area contributed by atoms with E-state index in [9.17, 15) is 9.90 Å². The number of pyridine rings is 2. The average Bonchev–Trinajstić information content (AvgIpc) is 2.95. The second-order valence-corrected chi connectivity index (χ2v) is 9.21.